The smallest absolute Gasteiger partial charge is 0.323 e. The van der Waals surface area contributed by atoms with Crippen molar-refractivity contribution in [2.45, 2.75) is 0 Å². The third-order valence-electron chi connectivity index (χ3n) is 3.26. The molecule has 0 aliphatic rings. The second kappa shape index (κ2) is 5.76. The molecule has 0 unspecified atom stereocenters. The lowest BCUT2D eigenvalue weighted by molar-refractivity contribution is -0.385. The van der Waals surface area contributed by atoms with E-state index in [9.17, 15) is 14.9 Å². The fourth-order valence-corrected chi connectivity index (χ4v) is 2.18. The molecule has 116 valence electrons. The van der Waals surface area contributed by atoms with Gasteiger partial charge in [-0.25, -0.2) is 4.79 Å². The molecule has 0 aliphatic carbocycles. The molecule has 3 rings (SSSR count). The molecule has 1 aromatic heterocycles. The fourth-order valence-electron chi connectivity index (χ4n) is 2.18. The summed E-state index contributed by atoms with van der Waals surface area (Å²) in [5, 5.41) is 11.0. The van der Waals surface area contributed by atoms with Crippen LogP contribution >= 0.6 is 0 Å². The zero-order valence-corrected chi connectivity index (χ0v) is 12.1. The van der Waals surface area contributed by atoms with Gasteiger partial charge < -0.3 is 14.7 Å². The number of imidazole rings is 1. The molecule has 0 bridgehead atoms. The number of aromatic nitrogens is 2. The number of nitro groups is 1. The standard InChI is InChI=1S/C15H12N4O4/c1-23-14-5-2-9(6-13(14)19(21)22)8-16-10-3-4-11-12(7-10)18-15(20)17-11/h2-8H,1H3,(H2,17,18,20). The van der Waals surface area contributed by atoms with Crippen LogP contribution in [0.15, 0.2) is 46.2 Å². The Labute approximate surface area is 129 Å². The van der Waals surface area contributed by atoms with Gasteiger partial charge in [0.15, 0.2) is 5.75 Å². The first-order chi connectivity index (χ1) is 11.1. The van der Waals surface area contributed by atoms with Crippen molar-refractivity contribution < 1.29 is 9.66 Å². The summed E-state index contributed by atoms with van der Waals surface area (Å²) in [4.78, 5) is 31.3. The second-order valence-corrected chi connectivity index (χ2v) is 4.76. The molecular formula is C15H12N4O4. The van der Waals surface area contributed by atoms with E-state index in [1.807, 2.05) is 0 Å². The second-order valence-electron chi connectivity index (χ2n) is 4.76. The van der Waals surface area contributed by atoms with Crippen molar-refractivity contribution in [1.82, 2.24) is 9.97 Å². The SMILES string of the molecule is COc1ccc(C=Nc2ccc3[nH]c(=O)[nH]c3c2)cc1[N+](=O)[O-]. The summed E-state index contributed by atoms with van der Waals surface area (Å²) in [6.45, 7) is 0. The number of nitrogens with one attached hydrogen (secondary N) is 2. The van der Waals surface area contributed by atoms with Gasteiger partial charge in [0.05, 0.1) is 28.8 Å². The Morgan fingerprint density at radius 3 is 2.70 bits per heavy atom. The molecule has 1 heterocycles. The molecule has 23 heavy (non-hydrogen) atoms. The van der Waals surface area contributed by atoms with E-state index < -0.39 is 4.92 Å². The monoisotopic (exact) mass is 312 g/mol. The molecule has 0 radical (unpaired) electrons. The van der Waals surface area contributed by atoms with Gasteiger partial charge in [0.2, 0.25) is 0 Å². The molecule has 8 nitrogen and oxygen atoms in total. The van der Waals surface area contributed by atoms with E-state index in [0.29, 0.717) is 22.3 Å². The lowest BCUT2D eigenvalue weighted by Gasteiger charge is -2.02. The van der Waals surface area contributed by atoms with Crippen LogP contribution in [0.25, 0.3) is 11.0 Å². The Balaban J connectivity index is 1.93. The Kier molecular flexibility index (Phi) is 3.63. The van der Waals surface area contributed by atoms with Gasteiger partial charge in [0.25, 0.3) is 0 Å². The van der Waals surface area contributed by atoms with Crippen molar-refractivity contribution in [3.63, 3.8) is 0 Å². The molecule has 0 spiro atoms. The summed E-state index contributed by atoms with van der Waals surface area (Å²) in [5.74, 6) is 0.193. The lowest BCUT2D eigenvalue weighted by atomic mass is 10.2. The fraction of sp³-hybridized carbons (Fsp3) is 0.0667. The first-order valence-corrected chi connectivity index (χ1v) is 6.65. The number of benzene rings is 2. The van der Waals surface area contributed by atoms with E-state index in [-0.39, 0.29) is 17.1 Å². The summed E-state index contributed by atoms with van der Waals surface area (Å²) in [7, 11) is 1.38. The number of methoxy groups -OCH3 is 1. The number of rotatable bonds is 4. The van der Waals surface area contributed by atoms with Crippen LogP contribution in [0.3, 0.4) is 0 Å². The highest BCUT2D eigenvalue weighted by molar-refractivity contribution is 5.85. The number of H-pyrrole nitrogens is 2. The van der Waals surface area contributed by atoms with Crippen LogP contribution in [0.2, 0.25) is 0 Å². The maximum atomic E-state index is 11.2. The van der Waals surface area contributed by atoms with E-state index in [1.54, 1.807) is 24.3 Å². The maximum Gasteiger partial charge on any atom is 0.323 e. The zero-order chi connectivity index (χ0) is 16.4. The van der Waals surface area contributed by atoms with Crippen molar-refractivity contribution in [3.8, 4) is 5.75 Å². The van der Waals surface area contributed by atoms with E-state index in [2.05, 4.69) is 15.0 Å². The number of nitrogens with zero attached hydrogens (tertiary/aromatic N) is 2. The van der Waals surface area contributed by atoms with Crippen LogP contribution in [0, 0.1) is 10.1 Å². The van der Waals surface area contributed by atoms with Gasteiger partial charge in [0, 0.05) is 12.3 Å². The van der Waals surface area contributed by atoms with Gasteiger partial charge in [-0.15, -0.1) is 0 Å². The van der Waals surface area contributed by atoms with Gasteiger partial charge in [-0.05, 0) is 35.9 Å². The molecule has 0 saturated heterocycles. The molecule has 3 aromatic rings. The molecule has 0 aliphatic heterocycles. The predicted molar refractivity (Wildman–Crippen MR) is 85.8 cm³/mol. The summed E-state index contributed by atoms with van der Waals surface area (Å²) in [6, 6.07) is 9.76. The van der Waals surface area contributed by atoms with Crippen LogP contribution in [0.5, 0.6) is 5.75 Å². The highest BCUT2D eigenvalue weighted by atomic mass is 16.6. The Bertz CT molecular complexity index is 971. The number of hydrogen-bond donors (Lipinski definition) is 2. The minimum atomic E-state index is -0.507. The van der Waals surface area contributed by atoms with Crippen molar-refractivity contribution in [2.75, 3.05) is 7.11 Å². The molecule has 8 heteroatoms. The van der Waals surface area contributed by atoms with Gasteiger partial charge in [-0.3, -0.25) is 15.1 Å². The topological polar surface area (TPSA) is 113 Å². The number of aliphatic imine (C=N–C) groups is 1. The average molecular weight is 312 g/mol. The van der Waals surface area contributed by atoms with Crippen LogP contribution in [-0.4, -0.2) is 28.2 Å². The van der Waals surface area contributed by atoms with E-state index in [0.717, 1.165) is 0 Å². The van der Waals surface area contributed by atoms with Crippen molar-refractivity contribution >= 4 is 28.6 Å². The van der Waals surface area contributed by atoms with Crippen LogP contribution in [0.1, 0.15) is 5.56 Å². The minimum absolute atomic E-state index is 0.123. The highest BCUT2D eigenvalue weighted by Crippen LogP contribution is 2.27. The van der Waals surface area contributed by atoms with Crippen LogP contribution in [0.4, 0.5) is 11.4 Å². The summed E-state index contributed by atoms with van der Waals surface area (Å²) < 4.78 is 4.95. The zero-order valence-electron chi connectivity index (χ0n) is 12.1. The minimum Gasteiger partial charge on any atom is -0.490 e. The summed E-state index contributed by atoms with van der Waals surface area (Å²) in [6.07, 6.45) is 1.51. The van der Waals surface area contributed by atoms with Gasteiger partial charge >= 0.3 is 11.4 Å². The Morgan fingerprint density at radius 2 is 1.96 bits per heavy atom. The molecule has 0 fully saturated rings. The lowest BCUT2D eigenvalue weighted by Crippen LogP contribution is -1.99. The van der Waals surface area contributed by atoms with Crippen molar-refractivity contribution in [1.29, 1.82) is 0 Å². The first kappa shape index (κ1) is 14.5. The predicted octanol–water partition coefficient (Wildman–Crippen LogP) is 2.52. The molecule has 2 N–H and O–H groups in total. The molecule has 0 atom stereocenters. The van der Waals surface area contributed by atoms with Crippen molar-refractivity contribution in [3.05, 3.63) is 62.6 Å². The Hall–Kier alpha value is -3.42. The quantitative estimate of drug-likeness (QED) is 0.437. The molecule has 0 saturated carbocycles. The number of aromatic amines is 2. The van der Waals surface area contributed by atoms with E-state index in [1.165, 1.54) is 25.5 Å². The summed E-state index contributed by atoms with van der Waals surface area (Å²) >= 11 is 0. The van der Waals surface area contributed by atoms with E-state index >= 15 is 0 Å². The van der Waals surface area contributed by atoms with Gasteiger partial charge in [0.1, 0.15) is 0 Å². The number of hydrogen-bond acceptors (Lipinski definition) is 5. The molecule has 2 aromatic carbocycles. The van der Waals surface area contributed by atoms with Crippen molar-refractivity contribution in [2.24, 2.45) is 4.99 Å². The van der Waals surface area contributed by atoms with Gasteiger partial charge in [-0.1, -0.05) is 0 Å². The first-order valence-electron chi connectivity index (χ1n) is 6.65. The third-order valence-corrected chi connectivity index (χ3v) is 3.26. The largest absolute Gasteiger partial charge is 0.490 e. The van der Waals surface area contributed by atoms with Crippen LogP contribution < -0.4 is 10.4 Å². The maximum absolute atomic E-state index is 11.2. The van der Waals surface area contributed by atoms with E-state index in [4.69, 9.17) is 4.74 Å². The Morgan fingerprint density at radius 1 is 1.17 bits per heavy atom. The highest BCUT2D eigenvalue weighted by Gasteiger charge is 2.14. The van der Waals surface area contributed by atoms with Gasteiger partial charge in [-0.2, -0.15) is 0 Å². The number of ether oxygens (including phenoxy) is 1. The number of fused-ring (bicyclic) bond motifs is 1. The van der Waals surface area contributed by atoms with Crippen LogP contribution in [-0.2, 0) is 0 Å². The average Bonchev–Trinajstić information content (AvgIpc) is 2.91. The molecule has 0 amide bonds. The number of nitro benzene ring substituents is 1. The summed E-state index contributed by atoms with van der Waals surface area (Å²) in [5.41, 5.74) is 2.11. The third kappa shape index (κ3) is 2.95. The molecular weight excluding hydrogens is 300 g/mol. The normalized spacial score (nSPS) is 11.2.